The summed E-state index contributed by atoms with van der Waals surface area (Å²) in [4.78, 5) is 0. The zero-order chi connectivity index (χ0) is 8.27. The molecule has 1 saturated carbocycles. The van der Waals surface area contributed by atoms with Crippen molar-refractivity contribution < 1.29 is 8.78 Å². The van der Waals surface area contributed by atoms with Crippen molar-refractivity contribution in [3.63, 3.8) is 0 Å². The third kappa shape index (κ3) is 1.89. The van der Waals surface area contributed by atoms with E-state index in [0.717, 1.165) is 12.8 Å². The topological polar surface area (TPSA) is 23.8 Å². The molecule has 0 aromatic rings. The number of hydrogen-bond acceptors (Lipinski definition) is 1. The van der Waals surface area contributed by atoms with Crippen LogP contribution in [-0.2, 0) is 0 Å². The second kappa shape index (κ2) is 3.66. The third-order valence-electron chi connectivity index (χ3n) is 2.39. The van der Waals surface area contributed by atoms with Gasteiger partial charge in [0.25, 0.3) is 0 Å². The minimum atomic E-state index is -2.23. The summed E-state index contributed by atoms with van der Waals surface area (Å²) in [6.07, 6.45) is 0.346. The van der Waals surface area contributed by atoms with E-state index in [4.69, 9.17) is 5.26 Å². The summed E-state index contributed by atoms with van der Waals surface area (Å²) in [6, 6.07) is 1.96. The van der Waals surface area contributed by atoms with Crippen molar-refractivity contribution in [1.82, 2.24) is 0 Å². The van der Waals surface area contributed by atoms with Crippen LogP contribution in [0.5, 0.6) is 0 Å². The molecular weight excluding hydrogens is 148 g/mol. The molecule has 0 aromatic carbocycles. The summed E-state index contributed by atoms with van der Waals surface area (Å²) in [7, 11) is 0. The van der Waals surface area contributed by atoms with Crippen molar-refractivity contribution in [1.29, 1.82) is 5.26 Å². The zero-order valence-electron chi connectivity index (χ0n) is 6.26. The first-order valence-electron chi connectivity index (χ1n) is 3.91. The Morgan fingerprint density at radius 1 is 1.45 bits per heavy atom. The standard InChI is InChI=1S/C8H11F2N/c9-8(10)7-3-1-2-6(7)4-5-11/h6-8H,1-4H2. The molecule has 0 N–H and O–H groups in total. The van der Waals surface area contributed by atoms with Crippen molar-refractivity contribution >= 4 is 0 Å². The predicted octanol–water partition coefficient (Wildman–Crippen LogP) is 2.58. The highest BCUT2D eigenvalue weighted by atomic mass is 19.3. The maximum atomic E-state index is 12.2. The molecule has 0 spiro atoms. The monoisotopic (exact) mass is 159 g/mol. The first-order chi connectivity index (χ1) is 5.25. The van der Waals surface area contributed by atoms with Crippen LogP contribution in [0, 0.1) is 23.2 Å². The van der Waals surface area contributed by atoms with Gasteiger partial charge >= 0.3 is 0 Å². The Labute approximate surface area is 65.0 Å². The molecule has 0 saturated heterocycles. The predicted molar refractivity (Wildman–Crippen MR) is 37.1 cm³/mol. The van der Waals surface area contributed by atoms with E-state index >= 15 is 0 Å². The van der Waals surface area contributed by atoms with Gasteiger partial charge in [-0.3, -0.25) is 0 Å². The second-order valence-electron chi connectivity index (χ2n) is 3.05. The molecular formula is C8H11F2N. The number of hydrogen-bond donors (Lipinski definition) is 0. The Morgan fingerprint density at radius 3 is 2.73 bits per heavy atom. The molecule has 1 rings (SSSR count). The molecule has 2 atom stereocenters. The molecule has 0 amide bonds. The molecule has 3 heteroatoms. The Kier molecular flexibility index (Phi) is 2.81. The molecule has 1 aliphatic rings. The average molecular weight is 159 g/mol. The van der Waals surface area contributed by atoms with E-state index in [1.165, 1.54) is 0 Å². The third-order valence-corrected chi connectivity index (χ3v) is 2.39. The molecule has 0 aliphatic heterocycles. The lowest BCUT2D eigenvalue weighted by atomic mass is 9.94. The van der Waals surface area contributed by atoms with Gasteiger partial charge in [0.15, 0.2) is 0 Å². The molecule has 1 aliphatic carbocycles. The van der Waals surface area contributed by atoms with Crippen molar-refractivity contribution in [2.45, 2.75) is 32.1 Å². The fourth-order valence-electron chi connectivity index (χ4n) is 1.77. The van der Waals surface area contributed by atoms with Gasteiger partial charge in [-0.25, -0.2) is 8.78 Å². The summed E-state index contributed by atoms with van der Waals surface area (Å²) in [5, 5.41) is 8.33. The van der Waals surface area contributed by atoms with E-state index in [9.17, 15) is 8.78 Å². The van der Waals surface area contributed by atoms with Crippen LogP contribution in [0.25, 0.3) is 0 Å². The molecule has 0 aromatic heterocycles. The van der Waals surface area contributed by atoms with Gasteiger partial charge in [0.1, 0.15) is 0 Å². The van der Waals surface area contributed by atoms with E-state index in [-0.39, 0.29) is 5.92 Å². The smallest absolute Gasteiger partial charge is 0.210 e. The van der Waals surface area contributed by atoms with Gasteiger partial charge in [0.05, 0.1) is 6.07 Å². The second-order valence-corrected chi connectivity index (χ2v) is 3.05. The van der Waals surface area contributed by atoms with E-state index in [0.29, 0.717) is 12.8 Å². The Morgan fingerprint density at radius 2 is 2.18 bits per heavy atom. The van der Waals surface area contributed by atoms with Crippen LogP contribution in [0.4, 0.5) is 8.78 Å². The highest BCUT2D eigenvalue weighted by Gasteiger charge is 2.33. The number of rotatable bonds is 2. The minimum Gasteiger partial charge on any atom is -0.210 e. The molecule has 0 bridgehead atoms. The van der Waals surface area contributed by atoms with Crippen LogP contribution in [0.2, 0.25) is 0 Å². The summed E-state index contributed by atoms with van der Waals surface area (Å²) >= 11 is 0. The van der Waals surface area contributed by atoms with Crippen molar-refractivity contribution in [2.75, 3.05) is 0 Å². The van der Waals surface area contributed by atoms with E-state index in [1.54, 1.807) is 0 Å². The Bertz CT molecular complexity index is 162. The number of halogens is 2. The van der Waals surface area contributed by atoms with Crippen LogP contribution in [0.3, 0.4) is 0 Å². The maximum absolute atomic E-state index is 12.2. The fourth-order valence-corrected chi connectivity index (χ4v) is 1.77. The number of nitriles is 1. The first kappa shape index (κ1) is 8.45. The average Bonchev–Trinajstić information content (AvgIpc) is 2.36. The Hall–Kier alpha value is -0.650. The van der Waals surface area contributed by atoms with Gasteiger partial charge in [-0.1, -0.05) is 6.42 Å². The van der Waals surface area contributed by atoms with Crippen LogP contribution in [0.1, 0.15) is 25.7 Å². The van der Waals surface area contributed by atoms with Gasteiger partial charge in [-0.05, 0) is 18.8 Å². The molecule has 0 heterocycles. The summed E-state index contributed by atoms with van der Waals surface area (Å²) in [6.45, 7) is 0. The molecule has 62 valence electrons. The molecule has 1 nitrogen and oxygen atoms in total. The highest BCUT2D eigenvalue weighted by Crippen LogP contribution is 2.37. The molecule has 0 radical (unpaired) electrons. The van der Waals surface area contributed by atoms with E-state index in [1.807, 2.05) is 6.07 Å². The normalized spacial score (nSPS) is 30.7. The largest absolute Gasteiger partial charge is 0.241 e. The van der Waals surface area contributed by atoms with Crippen LogP contribution < -0.4 is 0 Å². The number of nitrogens with zero attached hydrogens (tertiary/aromatic N) is 1. The summed E-state index contributed by atoms with van der Waals surface area (Å²) in [5.41, 5.74) is 0. The van der Waals surface area contributed by atoms with Crippen molar-refractivity contribution in [3.05, 3.63) is 0 Å². The number of alkyl halides is 2. The quantitative estimate of drug-likeness (QED) is 0.607. The fraction of sp³-hybridized carbons (Fsp3) is 0.875. The molecule has 1 fully saturated rings. The van der Waals surface area contributed by atoms with Crippen LogP contribution in [-0.4, -0.2) is 6.43 Å². The summed E-state index contributed by atoms with van der Waals surface area (Å²) in [5.74, 6) is -0.547. The minimum absolute atomic E-state index is 0.0417. The maximum Gasteiger partial charge on any atom is 0.241 e. The lowest BCUT2D eigenvalue weighted by molar-refractivity contribution is 0.0573. The molecule has 2 unspecified atom stereocenters. The Balaban J connectivity index is 2.45. The van der Waals surface area contributed by atoms with Gasteiger partial charge in [-0.2, -0.15) is 5.26 Å². The lowest BCUT2D eigenvalue weighted by Crippen LogP contribution is -2.15. The van der Waals surface area contributed by atoms with E-state index in [2.05, 4.69) is 0 Å². The van der Waals surface area contributed by atoms with Gasteiger partial charge < -0.3 is 0 Å². The zero-order valence-corrected chi connectivity index (χ0v) is 6.26. The van der Waals surface area contributed by atoms with Crippen LogP contribution >= 0.6 is 0 Å². The van der Waals surface area contributed by atoms with Crippen LogP contribution in [0.15, 0.2) is 0 Å². The van der Waals surface area contributed by atoms with Gasteiger partial charge in [0.2, 0.25) is 6.43 Å². The highest BCUT2D eigenvalue weighted by molar-refractivity contribution is 4.85. The first-order valence-corrected chi connectivity index (χ1v) is 3.91. The van der Waals surface area contributed by atoms with Crippen molar-refractivity contribution in [3.8, 4) is 6.07 Å². The SMILES string of the molecule is N#CCC1CCCC1C(F)F. The van der Waals surface area contributed by atoms with E-state index < -0.39 is 12.3 Å². The summed E-state index contributed by atoms with van der Waals surface area (Å²) < 4.78 is 24.4. The van der Waals surface area contributed by atoms with Gasteiger partial charge in [-0.15, -0.1) is 0 Å². The van der Waals surface area contributed by atoms with Gasteiger partial charge in [0, 0.05) is 12.3 Å². The lowest BCUT2D eigenvalue weighted by Gasteiger charge is -2.14. The molecule has 11 heavy (non-hydrogen) atoms. The van der Waals surface area contributed by atoms with Crippen molar-refractivity contribution in [2.24, 2.45) is 11.8 Å².